The lowest BCUT2D eigenvalue weighted by Crippen LogP contribution is -2.39. The van der Waals surface area contributed by atoms with E-state index in [2.05, 4.69) is 79.7 Å². The first kappa shape index (κ1) is 20.0. The van der Waals surface area contributed by atoms with Crippen molar-refractivity contribution in [2.45, 2.75) is 27.3 Å². The lowest BCUT2D eigenvalue weighted by atomic mass is 10.2. The second-order valence-corrected chi connectivity index (χ2v) is 5.53. The van der Waals surface area contributed by atoms with Gasteiger partial charge in [-0.3, -0.25) is 0 Å². The van der Waals surface area contributed by atoms with Crippen molar-refractivity contribution in [3.8, 4) is 0 Å². The highest BCUT2D eigenvalue weighted by atomic mass is 127. The molecule has 1 rings (SSSR count). The van der Waals surface area contributed by atoms with E-state index in [-0.39, 0.29) is 24.0 Å². The van der Waals surface area contributed by atoms with Gasteiger partial charge in [-0.2, -0.15) is 0 Å². The molecule has 0 aromatic heterocycles. The van der Waals surface area contributed by atoms with Crippen LogP contribution in [0.15, 0.2) is 29.3 Å². The van der Waals surface area contributed by atoms with Gasteiger partial charge in [0, 0.05) is 32.9 Å². The summed E-state index contributed by atoms with van der Waals surface area (Å²) in [6.45, 7) is 8.97. The van der Waals surface area contributed by atoms with Gasteiger partial charge in [-0.25, -0.2) is 4.99 Å². The van der Waals surface area contributed by atoms with Crippen LogP contribution in [0.3, 0.4) is 0 Å². The topological polar surface area (TPSA) is 39.7 Å². The fraction of sp³-hybridized carbons (Fsp3) is 0.562. The maximum absolute atomic E-state index is 4.63. The average Bonchev–Trinajstić information content (AvgIpc) is 2.42. The molecule has 21 heavy (non-hydrogen) atoms. The Morgan fingerprint density at radius 1 is 1.24 bits per heavy atom. The van der Waals surface area contributed by atoms with E-state index in [1.165, 1.54) is 11.3 Å². The Kier molecular flexibility index (Phi) is 10.2. The Labute approximate surface area is 146 Å². The van der Waals surface area contributed by atoms with Crippen LogP contribution in [0.1, 0.15) is 26.3 Å². The van der Waals surface area contributed by atoms with Gasteiger partial charge in [-0.05, 0) is 30.5 Å². The van der Waals surface area contributed by atoms with Crippen molar-refractivity contribution >= 4 is 35.6 Å². The molecule has 120 valence electrons. The highest BCUT2D eigenvalue weighted by Gasteiger charge is 2.00. The Hall–Kier alpha value is -0.980. The number of nitrogens with zero attached hydrogens (tertiary/aromatic N) is 2. The van der Waals surface area contributed by atoms with E-state index in [0.29, 0.717) is 12.5 Å². The van der Waals surface area contributed by atoms with Gasteiger partial charge in [0.1, 0.15) is 0 Å². The maximum atomic E-state index is 4.63. The zero-order chi connectivity index (χ0) is 15.0. The van der Waals surface area contributed by atoms with Gasteiger partial charge in [0.15, 0.2) is 5.96 Å². The molecule has 0 heterocycles. The second-order valence-electron chi connectivity index (χ2n) is 5.53. The number of anilines is 1. The van der Waals surface area contributed by atoms with Crippen LogP contribution < -0.4 is 15.5 Å². The number of guanidine groups is 1. The van der Waals surface area contributed by atoms with Gasteiger partial charge in [-0.15, -0.1) is 24.0 Å². The summed E-state index contributed by atoms with van der Waals surface area (Å²) in [7, 11) is 4.10. The quantitative estimate of drug-likeness (QED) is 0.435. The predicted molar refractivity (Wildman–Crippen MR) is 104 cm³/mol. The molecule has 0 bridgehead atoms. The van der Waals surface area contributed by atoms with E-state index in [1.807, 2.05) is 0 Å². The minimum absolute atomic E-state index is 0. The first-order valence-corrected chi connectivity index (χ1v) is 7.31. The molecule has 0 aliphatic heterocycles. The van der Waals surface area contributed by atoms with Crippen molar-refractivity contribution in [2.75, 3.05) is 32.1 Å². The molecule has 0 unspecified atom stereocenters. The normalized spacial score (nSPS) is 11.0. The second kappa shape index (κ2) is 10.7. The smallest absolute Gasteiger partial charge is 0.191 e. The highest BCUT2D eigenvalue weighted by molar-refractivity contribution is 14.0. The minimum atomic E-state index is 0. The van der Waals surface area contributed by atoms with Crippen LogP contribution in [0.25, 0.3) is 0 Å². The van der Waals surface area contributed by atoms with Gasteiger partial charge in [0.2, 0.25) is 0 Å². The fourth-order valence-electron chi connectivity index (χ4n) is 1.75. The molecule has 2 N–H and O–H groups in total. The maximum Gasteiger partial charge on any atom is 0.191 e. The van der Waals surface area contributed by atoms with Crippen LogP contribution in [0.2, 0.25) is 0 Å². The summed E-state index contributed by atoms with van der Waals surface area (Å²) < 4.78 is 0. The molecule has 0 aliphatic rings. The van der Waals surface area contributed by atoms with Gasteiger partial charge in [0.05, 0.1) is 6.54 Å². The van der Waals surface area contributed by atoms with Crippen molar-refractivity contribution in [1.29, 1.82) is 0 Å². The molecule has 0 atom stereocenters. The van der Waals surface area contributed by atoms with Gasteiger partial charge >= 0.3 is 0 Å². The molecular weight excluding hydrogens is 375 g/mol. The Bertz CT molecular complexity index is 430. The molecule has 0 aliphatic carbocycles. The van der Waals surface area contributed by atoms with E-state index in [1.54, 1.807) is 0 Å². The molecule has 1 aromatic rings. The molecule has 0 spiro atoms. The average molecular weight is 404 g/mol. The zero-order valence-corrected chi connectivity index (χ0v) is 16.1. The molecule has 0 radical (unpaired) electrons. The van der Waals surface area contributed by atoms with Crippen molar-refractivity contribution in [3.63, 3.8) is 0 Å². The van der Waals surface area contributed by atoms with Crippen molar-refractivity contribution < 1.29 is 0 Å². The van der Waals surface area contributed by atoms with Crippen LogP contribution in [-0.2, 0) is 6.54 Å². The number of nitrogens with one attached hydrogen (secondary N) is 2. The number of hydrogen-bond donors (Lipinski definition) is 2. The summed E-state index contributed by atoms with van der Waals surface area (Å²) >= 11 is 0. The highest BCUT2D eigenvalue weighted by Crippen LogP contribution is 2.13. The standard InChI is InChI=1S/C16H28N4.HI/c1-6-17-16(18-11-13(2)3)19-12-14-8-7-9-15(10-14)20(4)5;/h7-10,13H,6,11-12H2,1-5H3,(H2,17,18,19);1H. The SMILES string of the molecule is CCNC(=NCc1cccc(N(C)C)c1)NCC(C)C.I. The van der Waals surface area contributed by atoms with E-state index >= 15 is 0 Å². The van der Waals surface area contributed by atoms with Crippen LogP contribution in [0.4, 0.5) is 5.69 Å². The molecule has 0 saturated carbocycles. The van der Waals surface area contributed by atoms with Gasteiger partial charge in [0.25, 0.3) is 0 Å². The summed E-state index contributed by atoms with van der Waals surface area (Å²) in [6, 6.07) is 8.47. The molecular formula is C16H29IN4. The third kappa shape index (κ3) is 8.14. The Morgan fingerprint density at radius 3 is 2.52 bits per heavy atom. The van der Waals surface area contributed by atoms with E-state index < -0.39 is 0 Å². The Morgan fingerprint density at radius 2 is 1.95 bits per heavy atom. The number of rotatable bonds is 6. The minimum Gasteiger partial charge on any atom is -0.378 e. The molecule has 1 aromatic carbocycles. The number of hydrogen-bond acceptors (Lipinski definition) is 2. The van der Waals surface area contributed by atoms with E-state index in [4.69, 9.17) is 0 Å². The van der Waals surface area contributed by atoms with Crippen LogP contribution >= 0.6 is 24.0 Å². The monoisotopic (exact) mass is 404 g/mol. The first-order chi connectivity index (χ1) is 9.52. The predicted octanol–water partition coefficient (Wildman–Crippen LogP) is 3.08. The lowest BCUT2D eigenvalue weighted by molar-refractivity contribution is 0.615. The van der Waals surface area contributed by atoms with Gasteiger partial charge < -0.3 is 15.5 Å². The van der Waals surface area contributed by atoms with Crippen LogP contribution in [-0.4, -0.2) is 33.1 Å². The third-order valence-electron chi connectivity index (χ3n) is 2.87. The molecule has 0 saturated heterocycles. The molecule has 5 heteroatoms. The van der Waals surface area contributed by atoms with Crippen molar-refractivity contribution in [1.82, 2.24) is 10.6 Å². The van der Waals surface area contributed by atoms with Crippen LogP contribution in [0, 0.1) is 5.92 Å². The summed E-state index contributed by atoms with van der Waals surface area (Å²) in [4.78, 5) is 6.74. The van der Waals surface area contributed by atoms with Crippen molar-refractivity contribution in [3.05, 3.63) is 29.8 Å². The Balaban J connectivity index is 0.00000400. The van der Waals surface area contributed by atoms with E-state index in [0.717, 1.165) is 19.0 Å². The number of aliphatic imine (C=N–C) groups is 1. The zero-order valence-electron chi connectivity index (χ0n) is 13.8. The summed E-state index contributed by atoms with van der Waals surface area (Å²) in [5.41, 5.74) is 2.43. The fourth-order valence-corrected chi connectivity index (χ4v) is 1.75. The van der Waals surface area contributed by atoms with Crippen molar-refractivity contribution in [2.24, 2.45) is 10.9 Å². The summed E-state index contributed by atoms with van der Waals surface area (Å²) in [6.07, 6.45) is 0. The first-order valence-electron chi connectivity index (χ1n) is 7.31. The van der Waals surface area contributed by atoms with E-state index in [9.17, 15) is 0 Å². The summed E-state index contributed by atoms with van der Waals surface area (Å²) in [5, 5.41) is 6.63. The van der Waals surface area contributed by atoms with Crippen LogP contribution in [0.5, 0.6) is 0 Å². The number of benzene rings is 1. The largest absolute Gasteiger partial charge is 0.378 e. The number of halogens is 1. The lowest BCUT2D eigenvalue weighted by Gasteiger charge is -2.14. The summed E-state index contributed by atoms with van der Waals surface area (Å²) in [5.74, 6) is 1.49. The molecule has 0 amide bonds. The third-order valence-corrected chi connectivity index (χ3v) is 2.87. The molecule has 4 nitrogen and oxygen atoms in total. The molecule has 0 fully saturated rings. The van der Waals surface area contributed by atoms with Gasteiger partial charge in [-0.1, -0.05) is 26.0 Å².